The summed E-state index contributed by atoms with van der Waals surface area (Å²) in [6, 6.07) is 0. The lowest BCUT2D eigenvalue weighted by Crippen LogP contribution is -2.25. The van der Waals surface area contributed by atoms with Crippen molar-refractivity contribution in [2.75, 3.05) is 11.9 Å². The number of hydrogen-bond acceptors (Lipinski definition) is 3. The van der Waals surface area contributed by atoms with Gasteiger partial charge in [-0.05, 0) is 0 Å². The highest BCUT2D eigenvalue weighted by molar-refractivity contribution is 9.09. The first-order valence-corrected chi connectivity index (χ1v) is 5.31. The van der Waals surface area contributed by atoms with Crippen LogP contribution in [-0.2, 0) is 14.3 Å². The fourth-order valence-corrected chi connectivity index (χ4v) is 0.818. The molecule has 8 heteroatoms. The molecule has 0 aromatic heterocycles. The van der Waals surface area contributed by atoms with E-state index in [1.807, 2.05) is 0 Å². The predicted octanol–water partition coefficient (Wildman–Crippen LogP) is 1.25. The summed E-state index contributed by atoms with van der Waals surface area (Å²) in [6.07, 6.45) is 0. The van der Waals surface area contributed by atoms with Crippen LogP contribution in [0.4, 0.5) is 13.2 Å². The first kappa shape index (κ1) is 12.7. The average molecular weight is 281 g/mol. The maximum atomic E-state index is 11.6. The second-order valence-corrected chi connectivity index (χ2v) is 3.82. The second-order valence-electron chi connectivity index (χ2n) is 1.65. The van der Waals surface area contributed by atoms with E-state index in [1.54, 1.807) is 0 Å². The number of rotatable bonds is 2. The molecule has 0 aliphatic carbocycles. The Kier molecular flexibility index (Phi) is 4.74. The van der Waals surface area contributed by atoms with E-state index in [1.165, 1.54) is 0 Å². The van der Waals surface area contributed by atoms with Gasteiger partial charge in [0.05, 0.1) is 5.33 Å². The van der Waals surface area contributed by atoms with Gasteiger partial charge in [0.1, 0.15) is 6.61 Å². The summed E-state index contributed by atoms with van der Waals surface area (Å²) in [5.74, 6) is 4.35. The van der Waals surface area contributed by atoms with E-state index in [-0.39, 0.29) is 5.33 Å². The molecule has 0 aliphatic heterocycles. The monoisotopic (exact) mass is 280 g/mol. The van der Waals surface area contributed by atoms with Crippen molar-refractivity contribution in [3.8, 4) is 11.8 Å². The van der Waals surface area contributed by atoms with E-state index in [2.05, 4.69) is 32.0 Å². The molecular weight excluding hydrogens is 277 g/mol. The molecule has 0 spiro atoms. The lowest BCUT2D eigenvalue weighted by Gasteiger charge is -2.04. The maximum Gasteiger partial charge on any atom is 0.523 e. The largest absolute Gasteiger partial charge is 0.523 e. The van der Waals surface area contributed by atoms with E-state index < -0.39 is 22.2 Å². The quantitative estimate of drug-likeness (QED) is 0.331. The summed E-state index contributed by atoms with van der Waals surface area (Å²) in [7, 11) is -5.50. The van der Waals surface area contributed by atoms with Crippen LogP contribution in [0.5, 0.6) is 0 Å². The Morgan fingerprint density at radius 2 is 1.85 bits per heavy atom. The smallest absolute Gasteiger partial charge is 0.250 e. The van der Waals surface area contributed by atoms with Gasteiger partial charge in [0.25, 0.3) is 0 Å². The maximum absolute atomic E-state index is 11.6. The van der Waals surface area contributed by atoms with E-state index in [9.17, 15) is 21.6 Å². The number of halogens is 4. The minimum atomic E-state index is -5.50. The van der Waals surface area contributed by atoms with Crippen molar-refractivity contribution in [3.63, 3.8) is 0 Å². The second kappa shape index (κ2) is 4.83. The Morgan fingerprint density at radius 3 is 2.23 bits per heavy atom. The fraction of sp³-hybridized carbons (Fsp3) is 0.600. The van der Waals surface area contributed by atoms with Gasteiger partial charge in [-0.15, -0.1) is 0 Å². The molecule has 13 heavy (non-hydrogen) atoms. The summed E-state index contributed by atoms with van der Waals surface area (Å²) in [4.78, 5) is 0. The molecule has 0 heterocycles. The third kappa shape index (κ3) is 4.50. The molecule has 0 radical (unpaired) electrons. The standard InChI is InChI=1S/C5H4BrF3O3S/c6-3-1-2-4-12-13(10,11)5(7,8)9/h3-4H2. The summed E-state index contributed by atoms with van der Waals surface area (Å²) in [5.41, 5.74) is -5.39. The molecule has 0 bridgehead atoms. The van der Waals surface area contributed by atoms with Gasteiger partial charge in [0, 0.05) is 0 Å². The topological polar surface area (TPSA) is 43.4 Å². The highest BCUT2D eigenvalue weighted by Crippen LogP contribution is 2.24. The average Bonchev–Trinajstić information content (AvgIpc) is 1.96. The van der Waals surface area contributed by atoms with Crippen LogP contribution in [0, 0.1) is 11.8 Å². The zero-order chi connectivity index (χ0) is 10.5. The predicted molar refractivity (Wildman–Crippen MR) is 42.5 cm³/mol. The van der Waals surface area contributed by atoms with Crippen LogP contribution in [-0.4, -0.2) is 25.9 Å². The van der Waals surface area contributed by atoms with Gasteiger partial charge < -0.3 is 0 Å². The van der Waals surface area contributed by atoms with Gasteiger partial charge in [-0.3, -0.25) is 4.18 Å². The van der Waals surface area contributed by atoms with Crippen molar-refractivity contribution in [1.82, 2.24) is 0 Å². The summed E-state index contributed by atoms with van der Waals surface area (Å²) < 4.78 is 58.6. The molecule has 0 unspecified atom stereocenters. The first-order chi connectivity index (χ1) is 5.81. The summed E-state index contributed by atoms with van der Waals surface area (Å²) >= 11 is 2.87. The molecule has 0 atom stereocenters. The molecular formula is C5H4BrF3O3S. The van der Waals surface area contributed by atoms with Crippen LogP contribution < -0.4 is 0 Å². The molecule has 0 aliphatic rings. The molecule has 3 nitrogen and oxygen atoms in total. The molecule has 0 amide bonds. The molecule has 0 fully saturated rings. The van der Waals surface area contributed by atoms with E-state index in [4.69, 9.17) is 0 Å². The lowest BCUT2D eigenvalue weighted by atomic mass is 10.6. The Labute approximate surface area is 81.5 Å². The van der Waals surface area contributed by atoms with Gasteiger partial charge >= 0.3 is 15.6 Å². The highest BCUT2D eigenvalue weighted by atomic mass is 79.9. The Hall–Kier alpha value is -0.260. The number of hydrogen-bond donors (Lipinski definition) is 0. The molecule has 0 aromatic carbocycles. The van der Waals surface area contributed by atoms with Crippen LogP contribution >= 0.6 is 15.9 Å². The van der Waals surface area contributed by atoms with Crippen molar-refractivity contribution >= 4 is 26.0 Å². The van der Waals surface area contributed by atoms with Crippen LogP contribution in [0.2, 0.25) is 0 Å². The molecule has 76 valence electrons. The Morgan fingerprint density at radius 1 is 1.31 bits per heavy atom. The minimum Gasteiger partial charge on any atom is -0.250 e. The van der Waals surface area contributed by atoms with Crippen LogP contribution in [0.3, 0.4) is 0 Å². The van der Waals surface area contributed by atoms with E-state index in [0.29, 0.717) is 0 Å². The van der Waals surface area contributed by atoms with E-state index >= 15 is 0 Å². The lowest BCUT2D eigenvalue weighted by molar-refractivity contribution is -0.0534. The Balaban J connectivity index is 4.23. The van der Waals surface area contributed by atoms with Gasteiger partial charge in [-0.1, -0.05) is 27.8 Å². The van der Waals surface area contributed by atoms with Crippen molar-refractivity contribution < 1.29 is 25.8 Å². The molecule has 0 rings (SSSR count). The van der Waals surface area contributed by atoms with Crippen molar-refractivity contribution in [2.45, 2.75) is 5.51 Å². The summed E-state index contributed by atoms with van der Waals surface area (Å²) in [6.45, 7) is -0.798. The van der Waals surface area contributed by atoms with Crippen LogP contribution in [0.15, 0.2) is 0 Å². The van der Waals surface area contributed by atoms with Crippen molar-refractivity contribution in [1.29, 1.82) is 0 Å². The van der Waals surface area contributed by atoms with Gasteiger partial charge in [-0.2, -0.15) is 21.6 Å². The van der Waals surface area contributed by atoms with E-state index in [0.717, 1.165) is 0 Å². The van der Waals surface area contributed by atoms with Crippen molar-refractivity contribution in [2.24, 2.45) is 0 Å². The SMILES string of the molecule is O=S(=O)(OCC#CCBr)C(F)(F)F. The molecule has 0 aromatic rings. The normalized spacial score (nSPS) is 12.0. The van der Waals surface area contributed by atoms with Crippen LogP contribution in [0.1, 0.15) is 0 Å². The first-order valence-electron chi connectivity index (χ1n) is 2.78. The van der Waals surface area contributed by atoms with Crippen LogP contribution in [0.25, 0.3) is 0 Å². The van der Waals surface area contributed by atoms with Gasteiger partial charge in [-0.25, -0.2) is 0 Å². The van der Waals surface area contributed by atoms with Gasteiger partial charge in [0.2, 0.25) is 0 Å². The minimum absolute atomic E-state index is 0.239. The third-order valence-electron chi connectivity index (χ3n) is 0.762. The Bertz CT molecular complexity index is 310. The van der Waals surface area contributed by atoms with Crippen molar-refractivity contribution in [3.05, 3.63) is 0 Å². The fourth-order valence-electron chi connectivity index (χ4n) is 0.272. The van der Waals surface area contributed by atoms with Gasteiger partial charge in [0.15, 0.2) is 0 Å². The number of alkyl halides is 4. The molecule has 0 saturated heterocycles. The highest BCUT2D eigenvalue weighted by Gasteiger charge is 2.47. The zero-order valence-corrected chi connectivity index (χ0v) is 8.46. The third-order valence-corrected chi connectivity index (χ3v) is 2.04. The molecule has 0 saturated carbocycles. The zero-order valence-electron chi connectivity index (χ0n) is 6.06. The summed E-state index contributed by atoms with van der Waals surface area (Å²) in [5, 5.41) is 0.239. The molecule has 0 N–H and O–H groups in total.